The Hall–Kier alpha value is -3.31. The van der Waals surface area contributed by atoms with Crippen molar-refractivity contribution in [2.24, 2.45) is 0 Å². The number of fused-ring (bicyclic) bond motifs is 1. The van der Waals surface area contributed by atoms with Crippen molar-refractivity contribution < 1.29 is 9.53 Å². The van der Waals surface area contributed by atoms with E-state index in [0.29, 0.717) is 30.4 Å². The molecule has 1 N–H and O–H groups in total. The number of aromatic nitrogens is 2. The van der Waals surface area contributed by atoms with E-state index < -0.39 is 0 Å². The summed E-state index contributed by atoms with van der Waals surface area (Å²) < 4.78 is 7.79. The van der Waals surface area contributed by atoms with Gasteiger partial charge in [-0.2, -0.15) is 0 Å². The Bertz CT molecular complexity index is 1170. The molecule has 4 aromatic rings. The van der Waals surface area contributed by atoms with Crippen LogP contribution in [-0.4, -0.2) is 22.1 Å². The first-order chi connectivity index (χ1) is 14.7. The minimum Gasteiger partial charge on any atom is -0.493 e. The van der Waals surface area contributed by atoms with Gasteiger partial charge in [-0.05, 0) is 54.4 Å². The van der Waals surface area contributed by atoms with Crippen LogP contribution in [0.1, 0.15) is 28.5 Å². The standard InChI is InChI=1S/C24H22ClN3O2/c1-2-30-23-10-4-9-21-20(23)13-22(24(29)27-15-18-7-5-11-26-14-18)28(21)16-17-6-3-8-19(25)12-17/h3-14H,2,15-16H2,1H3,(H,27,29). The molecule has 0 unspecified atom stereocenters. The summed E-state index contributed by atoms with van der Waals surface area (Å²) in [5.74, 6) is 0.612. The number of rotatable bonds is 7. The number of halogens is 1. The molecule has 0 radical (unpaired) electrons. The van der Waals surface area contributed by atoms with Crippen molar-refractivity contribution in [3.8, 4) is 5.75 Å². The van der Waals surface area contributed by atoms with Gasteiger partial charge in [-0.25, -0.2) is 0 Å². The van der Waals surface area contributed by atoms with Gasteiger partial charge in [-0.1, -0.05) is 35.9 Å². The van der Waals surface area contributed by atoms with Crippen LogP contribution in [0.15, 0.2) is 73.1 Å². The number of ether oxygens (including phenoxy) is 1. The summed E-state index contributed by atoms with van der Waals surface area (Å²) in [6.45, 7) is 3.43. The molecule has 2 heterocycles. The van der Waals surface area contributed by atoms with E-state index >= 15 is 0 Å². The molecule has 30 heavy (non-hydrogen) atoms. The first-order valence-electron chi connectivity index (χ1n) is 9.82. The van der Waals surface area contributed by atoms with E-state index in [4.69, 9.17) is 16.3 Å². The highest BCUT2D eigenvalue weighted by Crippen LogP contribution is 2.30. The molecular weight excluding hydrogens is 398 g/mol. The zero-order valence-electron chi connectivity index (χ0n) is 16.6. The monoisotopic (exact) mass is 419 g/mol. The zero-order chi connectivity index (χ0) is 20.9. The Morgan fingerprint density at radius 2 is 1.93 bits per heavy atom. The van der Waals surface area contributed by atoms with Crippen LogP contribution in [0.4, 0.5) is 0 Å². The molecule has 0 spiro atoms. The van der Waals surface area contributed by atoms with E-state index in [2.05, 4.69) is 10.3 Å². The molecule has 0 aliphatic rings. The lowest BCUT2D eigenvalue weighted by Crippen LogP contribution is -2.25. The van der Waals surface area contributed by atoms with Crippen LogP contribution >= 0.6 is 11.6 Å². The minimum absolute atomic E-state index is 0.153. The van der Waals surface area contributed by atoms with Crippen LogP contribution in [0.5, 0.6) is 5.75 Å². The number of nitrogens with zero attached hydrogens (tertiary/aromatic N) is 2. The Labute approximate surface area is 180 Å². The maximum absolute atomic E-state index is 13.1. The van der Waals surface area contributed by atoms with E-state index in [1.807, 2.05) is 72.2 Å². The van der Waals surface area contributed by atoms with E-state index in [0.717, 1.165) is 27.8 Å². The van der Waals surface area contributed by atoms with Crippen LogP contribution in [0.3, 0.4) is 0 Å². The predicted octanol–water partition coefficient (Wildman–Crippen LogP) is 5.07. The summed E-state index contributed by atoms with van der Waals surface area (Å²) in [6.07, 6.45) is 3.46. The minimum atomic E-state index is -0.153. The largest absolute Gasteiger partial charge is 0.493 e. The summed E-state index contributed by atoms with van der Waals surface area (Å²) in [4.78, 5) is 17.2. The highest BCUT2D eigenvalue weighted by atomic mass is 35.5. The average molecular weight is 420 g/mol. The van der Waals surface area contributed by atoms with Crippen LogP contribution in [0.2, 0.25) is 5.02 Å². The van der Waals surface area contributed by atoms with E-state index in [1.54, 1.807) is 12.4 Å². The second kappa shape index (κ2) is 9.01. The highest BCUT2D eigenvalue weighted by molar-refractivity contribution is 6.30. The fourth-order valence-corrected chi connectivity index (χ4v) is 3.70. The van der Waals surface area contributed by atoms with E-state index in [9.17, 15) is 4.79 Å². The van der Waals surface area contributed by atoms with Crippen molar-refractivity contribution >= 4 is 28.4 Å². The van der Waals surface area contributed by atoms with Gasteiger partial charge in [0.15, 0.2) is 0 Å². The molecule has 2 aromatic carbocycles. The number of hydrogen-bond acceptors (Lipinski definition) is 3. The number of carbonyl (C=O) groups is 1. The smallest absolute Gasteiger partial charge is 0.268 e. The zero-order valence-corrected chi connectivity index (χ0v) is 17.4. The van der Waals surface area contributed by atoms with Gasteiger partial charge in [0.1, 0.15) is 11.4 Å². The quantitative estimate of drug-likeness (QED) is 0.455. The maximum Gasteiger partial charge on any atom is 0.268 e. The fraction of sp³-hybridized carbons (Fsp3) is 0.167. The van der Waals surface area contributed by atoms with Crippen LogP contribution in [-0.2, 0) is 13.1 Å². The maximum atomic E-state index is 13.1. The summed E-state index contributed by atoms with van der Waals surface area (Å²) in [6, 6.07) is 19.2. The van der Waals surface area contributed by atoms with Gasteiger partial charge in [0.05, 0.1) is 12.1 Å². The number of nitrogens with one attached hydrogen (secondary N) is 1. The number of pyridine rings is 1. The number of amides is 1. The molecule has 0 saturated heterocycles. The number of benzene rings is 2. The summed E-state index contributed by atoms with van der Waals surface area (Å²) in [5, 5.41) is 4.58. The Kier molecular flexibility index (Phi) is 6.00. The van der Waals surface area contributed by atoms with Gasteiger partial charge in [0.25, 0.3) is 5.91 Å². The Balaban J connectivity index is 1.72. The third-order valence-electron chi connectivity index (χ3n) is 4.84. The highest BCUT2D eigenvalue weighted by Gasteiger charge is 2.18. The van der Waals surface area contributed by atoms with Gasteiger partial charge >= 0.3 is 0 Å². The second-order valence-electron chi connectivity index (χ2n) is 6.91. The van der Waals surface area contributed by atoms with Gasteiger partial charge in [-0.3, -0.25) is 9.78 Å². The van der Waals surface area contributed by atoms with Crippen molar-refractivity contribution in [2.45, 2.75) is 20.0 Å². The molecule has 152 valence electrons. The van der Waals surface area contributed by atoms with Crippen molar-refractivity contribution in [2.75, 3.05) is 6.61 Å². The molecule has 5 nitrogen and oxygen atoms in total. The summed E-state index contributed by atoms with van der Waals surface area (Å²) in [5.41, 5.74) is 3.47. The number of carbonyl (C=O) groups excluding carboxylic acids is 1. The lowest BCUT2D eigenvalue weighted by molar-refractivity contribution is 0.0942. The molecule has 0 fully saturated rings. The predicted molar refractivity (Wildman–Crippen MR) is 119 cm³/mol. The van der Waals surface area contributed by atoms with Crippen LogP contribution in [0, 0.1) is 0 Å². The molecule has 6 heteroatoms. The van der Waals surface area contributed by atoms with Gasteiger partial charge in [-0.15, -0.1) is 0 Å². The molecule has 0 aliphatic heterocycles. The van der Waals surface area contributed by atoms with Crippen molar-refractivity contribution in [1.29, 1.82) is 0 Å². The van der Waals surface area contributed by atoms with Gasteiger partial charge in [0.2, 0.25) is 0 Å². The van der Waals surface area contributed by atoms with Gasteiger partial charge < -0.3 is 14.6 Å². The third kappa shape index (κ3) is 4.31. The lowest BCUT2D eigenvalue weighted by Gasteiger charge is -2.12. The summed E-state index contributed by atoms with van der Waals surface area (Å²) >= 11 is 6.18. The molecular formula is C24H22ClN3O2. The van der Waals surface area contributed by atoms with Gasteiger partial charge in [0, 0.05) is 35.9 Å². The number of hydrogen-bond donors (Lipinski definition) is 1. The fourth-order valence-electron chi connectivity index (χ4n) is 3.49. The van der Waals surface area contributed by atoms with Crippen LogP contribution < -0.4 is 10.1 Å². The molecule has 0 atom stereocenters. The molecule has 2 aromatic heterocycles. The normalized spacial score (nSPS) is 10.9. The average Bonchev–Trinajstić information content (AvgIpc) is 3.12. The van der Waals surface area contributed by atoms with Crippen molar-refractivity contribution in [3.63, 3.8) is 0 Å². The molecule has 0 saturated carbocycles. The van der Waals surface area contributed by atoms with Crippen molar-refractivity contribution in [1.82, 2.24) is 14.9 Å². The van der Waals surface area contributed by atoms with Crippen LogP contribution in [0.25, 0.3) is 10.9 Å². The topological polar surface area (TPSA) is 56.1 Å². The summed E-state index contributed by atoms with van der Waals surface area (Å²) in [7, 11) is 0. The third-order valence-corrected chi connectivity index (χ3v) is 5.08. The molecule has 4 rings (SSSR count). The van der Waals surface area contributed by atoms with E-state index in [-0.39, 0.29) is 5.91 Å². The van der Waals surface area contributed by atoms with E-state index in [1.165, 1.54) is 0 Å². The Morgan fingerprint density at radius 3 is 2.70 bits per heavy atom. The Morgan fingerprint density at radius 1 is 1.10 bits per heavy atom. The lowest BCUT2D eigenvalue weighted by atomic mass is 10.2. The molecule has 1 amide bonds. The molecule has 0 aliphatic carbocycles. The first kappa shape index (κ1) is 20.0. The van der Waals surface area contributed by atoms with Crippen molar-refractivity contribution in [3.05, 3.63) is 94.9 Å². The first-order valence-corrected chi connectivity index (χ1v) is 10.2. The second-order valence-corrected chi connectivity index (χ2v) is 7.35. The molecule has 0 bridgehead atoms. The SMILES string of the molecule is CCOc1cccc2c1cc(C(=O)NCc1cccnc1)n2Cc1cccc(Cl)c1.